The minimum atomic E-state index is 0.0968. The summed E-state index contributed by atoms with van der Waals surface area (Å²) < 4.78 is 10.5. The van der Waals surface area contributed by atoms with E-state index < -0.39 is 0 Å². The molecule has 15 heavy (non-hydrogen) atoms. The van der Waals surface area contributed by atoms with Gasteiger partial charge in [0.05, 0.1) is 14.2 Å². The number of ether oxygens (including phenoxy) is 2. The van der Waals surface area contributed by atoms with Gasteiger partial charge in [-0.05, 0) is 23.1 Å². The maximum Gasteiger partial charge on any atom is 0.161 e. The Morgan fingerprint density at radius 1 is 1.13 bits per heavy atom. The standard InChI is InChI=1S/C12H17BrO2/c1-12(2,8-13)9-5-6-10(14-3)11(7-9)15-4/h5-7H,8H2,1-4H3. The molecule has 84 valence electrons. The van der Waals surface area contributed by atoms with Crippen molar-refractivity contribution in [3.05, 3.63) is 23.8 Å². The second kappa shape index (κ2) is 4.88. The molecule has 0 saturated carbocycles. The molecule has 0 atom stereocenters. The van der Waals surface area contributed by atoms with E-state index in [0.717, 1.165) is 16.8 Å². The summed E-state index contributed by atoms with van der Waals surface area (Å²) in [5, 5.41) is 0.912. The Morgan fingerprint density at radius 2 is 1.73 bits per heavy atom. The predicted molar refractivity (Wildman–Crippen MR) is 66.4 cm³/mol. The van der Waals surface area contributed by atoms with Crippen molar-refractivity contribution in [2.45, 2.75) is 19.3 Å². The molecule has 2 nitrogen and oxygen atoms in total. The van der Waals surface area contributed by atoms with Crippen LogP contribution in [0.3, 0.4) is 0 Å². The van der Waals surface area contributed by atoms with Gasteiger partial charge >= 0.3 is 0 Å². The van der Waals surface area contributed by atoms with Crippen LogP contribution >= 0.6 is 15.9 Å². The quantitative estimate of drug-likeness (QED) is 0.783. The molecular formula is C12H17BrO2. The van der Waals surface area contributed by atoms with Crippen molar-refractivity contribution < 1.29 is 9.47 Å². The minimum absolute atomic E-state index is 0.0968. The topological polar surface area (TPSA) is 18.5 Å². The number of benzene rings is 1. The van der Waals surface area contributed by atoms with Gasteiger partial charge in [0.15, 0.2) is 11.5 Å². The van der Waals surface area contributed by atoms with Crippen molar-refractivity contribution in [1.82, 2.24) is 0 Å². The van der Waals surface area contributed by atoms with E-state index in [1.165, 1.54) is 5.56 Å². The molecule has 1 aromatic rings. The number of halogens is 1. The molecule has 0 aliphatic rings. The Labute approximate surface area is 99.7 Å². The van der Waals surface area contributed by atoms with Gasteiger partial charge in [0, 0.05) is 5.33 Å². The number of alkyl halides is 1. The largest absolute Gasteiger partial charge is 0.493 e. The molecule has 0 unspecified atom stereocenters. The lowest BCUT2D eigenvalue weighted by molar-refractivity contribution is 0.353. The minimum Gasteiger partial charge on any atom is -0.493 e. The van der Waals surface area contributed by atoms with Crippen LogP contribution in [0.5, 0.6) is 11.5 Å². The summed E-state index contributed by atoms with van der Waals surface area (Å²) in [6.07, 6.45) is 0. The lowest BCUT2D eigenvalue weighted by Gasteiger charge is -2.23. The maximum atomic E-state index is 5.28. The second-order valence-electron chi connectivity index (χ2n) is 4.09. The lowest BCUT2D eigenvalue weighted by Crippen LogP contribution is -2.18. The van der Waals surface area contributed by atoms with Gasteiger partial charge in [0.2, 0.25) is 0 Å². The molecule has 0 amide bonds. The van der Waals surface area contributed by atoms with E-state index in [1.54, 1.807) is 14.2 Å². The van der Waals surface area contributed by atoms with Gasteiger partial charge in [-0.1, -0.05) is 35.8 Å². The van der Waals surface area contributed by atoms with Crippen LogP contribution in [0.15, 0.2) is 18.2 Å². The molecule has 0 N–H and O–H groups in total. The average molecular weight is 273 g/mol. The van der Waals surface area contributed by atoms with E-state index in [1.807, 2.05) is 12.1 Å². The summed E-state index contributed by atoms with van der Waals surface area (Å²) in [5.74, 6) is 1.55. The molecule has 0 saturated heterocycles. The van der Waals surface area contributed by atoms with Crippen LogP contribution in [0, 0.1) is 0 Å². The molecule has 0 bridgehead atoms. The first-order valence-corrected chi connectivity index (χ1v) is 5.96. The highest BCUT2D eigenvalue weighted by Crippen LogP contribution is 2.33. The van der Waals surface area contributed by atoms with E-state index in [4.69, 9.17) is 9.47 Å². The van der Waals surface area contributed by atoms with Crippen molar-refractivity contribution in [2.24, 2.45) is 0 Å². The highest BCUT2D eigenvalue weighted by Gasteiger charge is 2.20. The molecule has 0 heterocycles. The molecule has 0 radical (unpaired) electrons. The van der Waals surface area contributed by atoms with Crippen LogP contribution in [0.4, 0.5) is 0 Å². The summed E-state index contributed by atoms with van der Waals surface area (Å²) in [5.41, 5.74) is 1.33. The van der Waals surface area contributed by atoms with Crippen molar-refractivity contribution >= 4 is 15.9 Å². The third kappa shape index (κ3) is 2.65. The normalized spacial score (nSPS) is 11.3. The number of hydrogen-bond acceptors (Lipinski definition) is 2. The molecule has 0 spiro atoms. The summed E-state index contributed by atoms with van der Waals surface area (Å²) in [7, 11) is 3.30. The number of hydrogen-bond donors (Lipinski definition) is 0. The Bertz CT molecular complexity index is 334. The first-order chi connectivity index (χ1) is 7.05. The van der Waals surface area contributed by atoms with Gasteiger partial charge in [0.1, 0.15) is 0 Å². The van der Waals surface area contributed by atoms with Crippen molar-refractivity contribution in [1.29, 1.82) is 0 Å². The van der Waals surface area contributed by atoms with Gasteiger partial charge in [-0.15, -0.1) is 0 Å². The molecule has 0 aromatic heterocycles. The molecule has 0 fully saturated rings. The van der Waals surface area contributed by atoms with E-state index in [9.17, 15) is 0 Å². The van der Waals surface area contributed by atoms with Crippen LogP contribution in [0.2, 0.25) is 0 Å². The van der Waals surface area contributed by atoms with Crippen LogP contribution in [-0.4, -0.2) is 19.5 Å². The van der Waals surface area contributed by atoms with Gasteiger partial charge < -0.3 is 9.47 Å². The number of rotatable bonds is 4. The number of methoxy groups -OCH3 is 2. The zero-order valence-corrected chi connectivity index (χ0v) is 11.2. The average Bonchev–Trinajstić information content (AvgIpc) is 2.28. The third-order valence-corrected chi connectivity index (χ3v) is 3.90. The van der Waals surface area contributed by atoms with Gasteiger partial charge in [-0.2, -0.15) is 0 Å². The monoisotopic (exact) mass is 272 g/mol. The fourth-order valence-corrected chi connectivity index (χ4v) is 1.66. The zero-order chi connectivity index (χ0) is 11.5. The highest BCUT2D eigenvalue weighted by molar-refractivity contribution is 9.09. The SMILES string of the molecule is COc1ccc(C(C)(C)CBr)cc1OC. The first kappa shape index (κ1) is 12.4. The Kier molecular flexibility index (Phi) is 4.03. The molecular weight excluding hydrogens is 256 g/mol. The van der Waals surface area contributed by atoms with Gasteiger partial charge in [0.25, 0.3) is 0 Å². The van der Waals surface area contributed by atoms with Gasteiger partial charge in [-0.25, -0.2) is 0 Å². The smallest absolute Gasteiger partial charge is 0.161 e. The predicted octanol–water partition coefficient (Wildman–Crippen LogP) is 3.38. The summed E-state index contributed by atoms with van der Waals surface area (Å²) in [4.78, 5) is 0. The van der Waals surface area contributed by atoms with Crippen LogP contribution < -0.4 is 9.47 Å². The summed E-state index contributed by atoms with van der Waals surface area (Å²) in [6, 6.07) is 6.04. The van der Waals surface area contributed by atoms with Gasteiger partial charge in [-0.3, -0.25) is 0 Å². The molecule has 1 rings (SSSR count). The van der Waals surface area contributed by atoms with Crippen molar-refractivity contribution in [2.75, 3.05) is 19.5 Å². The Balaban J connectivity index is 3.13. The van der Waals surface area contributed by atoms with Crippen LogP contribution in [0.25, 0.3) is 0 Å². The third-order valence-electron chi connectivity index (χ3n) is 2.50. The molecule has 3 heteroatoms. The Morgan fingerprint density at radius 3 is 2.20 bits per heavy atom. The highest BCUT2D eigenvalue weighted by atomic mass is 79.9. The fourth-order valence-electron chi connectivity index (χ4n) is 1.33. The summed E-state index contributed by atoms with van der Waals surface area (Å²) in [6.45, 7) is 4.37. The fraction of sp³-hybridized carbons (Fsp3) is 0.500. The molecule has 0 aliphatic carbocycles. The lowest BCUT2D eigenvalue weighted by atomic mass is 9.87. The van der Waals surface area contributed by atoms with Crippen LogP contribution in [-0.2, 0) is 5.41 Å². The zero-order valence-electron chi connectivity index (χ0n) is 9.63. The first-order valence-electron chi connectivity index (χ1n) is 4.83. The summed E-state index contributed by atoms with van der Waals surface area (Å²) >= 11 is 3.52. The van der Waals surface area contributed by atoms with E-state index >= 15 is 0 Å². The van der Waals surface area contributed by atoms with E-state index in [2.05, 4.69) is 35.8 Å². The molecule has 1 aromatic carbocycles. The van der Waals surface area contributed by atoms with E-state index in [0.29, 0.717) is 0 Å². The molecule has 0 aliphatic heterocycles. The van der Waals surface area contributed by atoms with E-state index in [-0.39, 0.29) is 5.41 Å². The van der Waals surface area contributed by atoms with Crippen molar-refractivity contribution in [3.63, 3.8) is 0 Å². The van der Waals surface area contributed by atoms with Crippen molar-refractivity contribution in [3.8, 4) is 11.5 Å². The Hall–Kier alpha value is -0.700. The second-order valence-corrected chi connectivity index (χ2v) is 4.65. The van der Waals surface area contributed by atoms with Crippen LogP contribution in [0.1, 0.15) is 19.4 Å². The maximum absolute atomic E-state index is 5.28.